The number of carbonyl (C=O) groups excluding carboxylic acids is 1. The van der Waals surface area contributed by atoms with Crippen molar-refractivity contribution in [2.45, 2.75) is 6.54 Å². The fourth-order valence-electron chi connectivity index (χ4n) is 3.64. The van der Waals surface area contributed by atoms with Crippen LogP contribution in [0.1, 0.15) is 15.5 Å². The van der Waals surface area contributed by atoms with Crippen LogP contribution in [0, 0.1) is 0 Å². The summed E-state index contributed by atoms with van der Waals surface area (Å²) in [5.74, 6) is 0.939. The molecule has 1 aromatic heterocycles. The highest BCUT2D eigenvalue weighted by atomic mass is 32.1. The molecule has 0 saturated carbocycles. The van der Waals surface area contributed by atoms with Crippen LogP contribution in [0.15, 0.2) is 29.6 Å². The average molecular weight is 403 g/mol. The Labute approximate surface area is 169 Å². The number of amides is 1. The molecular weight excluding hydrogens is 376 g/mol. The first kappa shape index (κ1) is 19.2. The van der Waals surface area contributed by atoms with Crippen LogP contribution in [0.2, 0.25) is 0 Å². The van der Waals surface area contributed by atoms with Gasteiger partial charge < -0.3 is 19.3 Å². The van der Waals surface area contributed by atoms with Gasteiger partial charge in [-0.05, 0) is 12.1 Å². The van der Waals surface area contributed by atoms with Gasteiger partial charge in [0, 0.05) is 44.6 Å². The van der Waals surface area contributed by atoms with Gasteiger partial charge in [0.2, 0.25) is 0 Å². The van der Waals surface area contributed by atoms with E-state index in [1.165, 1.54) is 0 Å². The SMILES string of the molecule is COc1ccccc1N1CCN(Cc2nc(C(=O)N3CCOCC3)cs2)CC1. The van der Waals surface area contributed by atoms with Crippen molar-refractivity contribution in [2.75, 3.05) is 64.5 Å². The number of aromatic nitrogens is 1. The van der Waals surface area contributed by atoms with E-state index in [0.29, 0.717) is 32.0 Å². The Morgan fingerprint density at radius 1 is 1.14 bits per heavy atom. The molecule has 1 aromatic carbocycles. The summed E-state index contributed by atoms with van der Waals surface area (Å²) < 4.78 is 10.8. The minimum atomic E-state index is 0.0202. The summed E-state index contributed by atoms with van der Waals surface area (Å²) in [6.45, 7) is 7.14. The average Bonchev–Trinajstić information content (AvgIpc) is 3.23. The number of thiazole rings is 1. The Kier molecular flexibility index (Phi) is 6.09. The van der Waals surface area contributed by atoms with E-state index >= 15 is 0 Å². The number of ether oxygens (including phenoxy) is 2. The number of benzene rings is 1. The molecule has 3 heterocycles. The summed E-state index contributed by atoms with van der Waals surface area (Å²) in [6, 6.07) is 8.16. The number of anilines is 1. The molecule has 4 rings (SSSR count). The highest BCUT2D eigenvalue weighted by Gasteiger charge is 2.23. The van der Waals surface area contributed by atoms with Gasteiger partial charge in [0.15, 0.2) is 0 Å². The largest absolute Gasteiger partial charge is 0.495 e. The van der Waals surface area contributed by atoms with Crippen LogP contribution >= 0.6 is 11.3 Å². The lowest BCUT2D eigenvalue weighted by Gasteiger charge is -2.36. The van der Waals surface area contributed by atoms with E-state index in [2.05, 4.69) is 20.9 Å². The second-order valence-corrected chi connectivity index (χ2v) is 7.91. The van der Waals surface area contributed by atoms with Crippen LogP contribution in [0.5, 0.6) is 5.75 Å². The third-order valence-electron chi connectivity index (χ3n) is 5.23. The Bertz CT molecular complexity index is 798. The third kappa shape index (κ3) is 4.29. The van der Waals surface area contributed by atoms with Gasteiger partial charge in [0.05, 0.1) is 32.6 Å². The topological polar surface area (TPSA) is 58.1 Å². The van der Waals surface area contributed by atoms with Gasteiger partial charge in [0.1, 0.15) is 16.5 Å². The number of morpholine rings is 1. The van der Waals surface area contributed by atoms with Gasteiger partial charge in [-0.2, -0.15) is 0 Å². The predicted octanol–water partition coefficient (Wildman–Crippen LogP) is 1.95. The van der Waals surface area contributed by atoms with Gasteiger partial charge in [-0.1, -0.05) is 12.1 Å². The van der Waals surface area contributed by atoms with Gasteiger partial charge in [0.25, 0.3) is 5.91 Å². The number of methoxy groups -OCH3 is 1. The third-order valence-corrected chi connectivity index (χ3v) is 6.06. The summed E-state index contributed by atoms with van der Waals surface area (Å²) >= 11 is 1.57. The van der Waals surface area contributed by atoms with Gasteiger partial charge >= 0.3 is 0 Å². The van der Waals surface area contributed by atoms with Crippen molar-refractivity contribution in [1.29, 1.82) is 0 Å². The van der Waals surface area contributed by atoms with Crippen LogP contribution in [-0.2, 0) is 11.3 Å². The summed E-state index contributed by atoms with van der Waals surface area (Å²) in [5.41, 5.74) is 1.71. The molecule has 0 atom stereocenters. The van der Waals surface area contributed by atoms with Crippen molar-refractivity contribution in [1.82, 2.24) is 14.8 Å². The number of piperazine rings is 1. The van der Waals surface area contributed by atoms with Crippen molar-refractivity contribution in [2.24, 2.45) is 0 Å². The zero-order valence-electron chi connectivity index (χ0n) is 16.2. The monoisotopic (exact) mass is 402 g/mol. The van der Waals surface area contributed by atoms with Crippen LogP contribution in [0.25, 0.3) is 0 Å². The lowest BCUT2D eigenvalue weighted by Crippen LogP contribution is -2.46. The molecule has 2 aliphatic rings. The van der Waals surface area contributed by atoms with Gasteiger partial charge in [-0.15, -0.1) is 11.3 Å². The number of hydrogen-bond donors (Lipinski definition) is 0. The van der Waals surface area contributed by atoms with Crippen molar-refractivity contribution in [3.05, 3.63) is 40.3 Å². The number of hydrogen-bond acceptors (Lipinski definition) is 7. The fourth-order valence-corrected chi connectivity index (χ4v) is 4.45. The number of carbonyl (C=O) groups is 1. The maximum Gasteiger partial charge on any atom is 0.273 e. The molecule has 150 valence electrons. The van der Waals surface area contributed by atoms with Crippen LogP contribution in [0.4, 0.5) is 5.69 Å². The summed E-state index contributed by atoms with van der Waals surface area (Å²) in [7, 11) is 1.72. The number of nitrogens with zero attached hydrogens (tertiary/aromatic N) is 4. The standard InChI is InChI=1S/C20H26N4O3S/c1-26-18-5-3-2-4-17(18)23-8-6-22(7-9-23)14-19-21-16(15-28-19)20(25)24-10-12-27-13-11-24/h2-5,15H,6-14H2,1H3. The van der Waals surface area contributed by atoms with Crippen LogP contribution in [0.3, 0.4) is 0 Å². The Hall–Kier alpha value is -2.16. The zero-order valence-corrected chi connectivity index (χ0v) is 17.0. The molecule has 2 aliphatic heterocycles. The molecule has 1 amide bonds. The fraction of sp³-hybridized carbons (Fsp3) is 0.500. The summed E-state index contributed by atoms with van der Waals surface area (Å²) in [5, 5.41) is 2.89. The minimum Gasteiger partial charge on any atom is -0.495 e. The van der Waals surface area contributed by atoms with E-state index < -0.39 is 0 Å². The number of para-hydroxylation sites is 2. The van der Waals surface area contributed by atoms with Gasteiger partial charge in [-0.25, -0.2) is 4.98 Å². The molecule has 0 spiro atoms. The molecule has 0 bridgehead atoms. The maximum absolute atomic E-state index is 12.5. The highest BCUT2D eigenvalue weighted by Crippen LogP contribution is 2.28. The van der Waals surface area contributed by atoms with E-state index in [-0.39, 0.29) is 5.91 Å². The molecule has 0 unspecified atom stereocenters. The summed E-state index contributed by atoms with van der Waals surface area (Å²) in [6.07, 6.45) is 0. The lowest BCUT2D eigenvalue weighted by atomic mass is 10.2. The Balaban J connectivity index is 1.31. The molecule has 0 aliphatic carbocycles. The van der Waals surface area contributed by atoms with Crippen molar-refractivity contribution < 1.29 is 14.3 Å². The Morgan fingerprint density at radius 2 is 1.89 bits per heavy atom. The molecule has 0 radical (unpaired) electrons. The Morgan fingerprint density at radius 3 is 2.64 bits per heavy atom. The molecular formula is C20H26N4O3S. The van der Waals surface area contributed by atoms with E-state index in [0.717, 1.165) is 49.2 Å². The van der Waals surface area contributed by atoms with Crippen molar-refractivity contribution in [3.8, 4) is 5.75 Å². The van der Waals surface area contributed by atoms with Crippen LogP contribution < -0.4 is 9.64 Å². The quantitative estimate of drug-likeness (QED) is 0.762. The first-order valence-corrected chi connectivity index (χ1v) is 10.5. The zero-order chi connectivity index (χ0) is 19.3. The van der Waals surface area contributed by atoms with Crippen LogP contribution in [-0.4, -0.2) is 80.3 Å². The van der Waals surface area contributed by atoms with E-state index in [4.69, 9.17) is 9.47 Å². The highest BCUT2D eigenvalue weighted by molar-refractivity contribution is 7.09. The van der Waals surface area contributed by atoms with E-state index in [1.54, 1.807) is 18.4 Å². The van der Waals surface area contributed by atoms with Gasteiger partial charge in [-0.3, -0.25) is 9.69 Å². The first-order chi connectivity index (χ1) is 13.7. The molecule has 7 nitrogen and oxygen atoms in total. The first-order valence-electron chi connectivity index (χ1n) is 9.66. The summed E-state index contributed by atoms with van der Waals surface area (Å²) in [4.78, 5) is 23.7. The second kappa shape index (κ2) is 8.89. The minimum absolute atomic E-state index is 0.0202. The lowest BCUT2D eigenvalue weighted by molar-refractivity contribution is 0.0299. The van der Waals surface area contributed by atoms with E-state index in [9.17, 15) is 4.79 Å². The van der Waals surface area contributed by atoms with E-state index in [1.807, 2.05) is 28.5 Å². The molecule has 8 heteroatoms. The van der Waals surface area contributed by atoms with Crippen molar-refractivity contribution >= 4 is 22.9 Å². The smallest absolute Gasteiger partial charge is 0.273 e. The number of rotatable bonds is 5. The molecule has 2 aromatic rings. The normalized spacial score (nSPS) is 18.3. The molecule has 2 fully saturated rings. The second-order valence-electron chi connectivity index (χ2n) is 6.97. The van der Waals surface area contributed by atoms with Crippen molar-refractivity contribution in [3.63, 3.8) is 0 Å². The molecule has 0 N–H and O–H groups in total. The molecule has 28 heavy (non-hydrogen) atoms. The maximum atomic E-state index is 12.5. The predicted molar refractivity (Wildman–Crippen MR) is 109 cm³/mol. The molecule has 2 saturated heterocycles.